The first-order chi connectivity index (χ1) is 8.58. The first kappa shape index (κ1) is 15.5. The van der Waals surface area contributed by atoms with E-state index in [4.69, 9.17) is 17.3 Å². The van der Waals surface area contributed by atoms with Crippen LogP contribution in [0.1, 0.15) is 45.1 Å². The Kier molecular flexibility index (Phi) is 6.66. The minimum Gasteiger partial charge on any atom is -0.327 e. The second kappa shape index (κ2) is 7.75. The third kappa shape index (κ3) is 4.58. The molecule has 1 unspecified atom stereocenters. The van der Waals surface area contributed by atoms with Crippen molar-refractivity contribution in [2.75, 3.05) is 0 Å². The molecular weight excluding hydrogens is 249 g/mol. The number of nitrogens with two attached hydrogens (primary N) is 1. The Morgan fingerprint density at radius 1 is 1.22 bits per heavy atom. The van der Waals surface area contributed by atoms with Crippen LogP contribution < -0.4 is 5.73 Å². The lowest BCUT2D eigenvalue weighted by Gasteiger charge is -2.23. The lowest BCUT2D eigenvalue weighted by atomic mass is 9.87. The van der Waals surface area contributed by atoms with Crippen molar-refractivity contribution in [1.29, 1.82) is 0 Å². The molecule has 0 saturated heterocycles. The largest absolute Gasteiger partial charge is 0.327 e. The molecule has 1 rings (SSSR count). The maximum Gasteiger partial charge on any atom is 0.124 e. The molecule has 0 aliphatic rings. The zero-order chi connectivity index (χ0) is 13.5. The molecule has 1 aromatic carbocycles. The second-order valence-electron chi connectivity index (χ2n) is 4.94. The predicted octanol–water partition coefficient (Wildman–Crippen LogP) is 4.57. The van der Waals surface area contributed by atoms with Gasteiger partial charge < -0.3 is 5.73 Å². The first-order valence-corrected chi connectivity index (χ1v) is 7.15. The summed E-state index contributed by atoms with van der Waals surface area (Å²) in [6.45, 7) is 4.36. The third-order valence-corrected chi connectivity index (χ3v) is 3.75. The predicted molar refractivity (Wildman–Crippen MR) is 76.4 cm³/mol. The van der Waals surface area contributed by atoms with Gasteiger partial charge in [-0.15, -0.1) is 0 Å². The van der Waals surface area contributed by atoms with Gasteiger partial charge in [-0.05, 0) is 42.9 Å². The lowest BCUT2D eigenvalue weighted by molar-refractivity contribution is 0.360. The molecule has 1 atom stereocenters. The Morgan fingerprint density at radius 3 is 2.33 bits per heavy atom. The van der Waals surface area contributed by atoms with E-state index in [1.807, 2.05) is 0 Å². The molecule has 0 aromatic heterocycles. The van der Waals surface area contributed by atoms with Crippen LogP contribution in [0.4, 0.5) is 4.39 Å². The van der Waals surface area contributed by atoms with Crippen LogP contribution in [0.15, 0.2) is 18.2 Å². The third-order valence-electron chi connectivity index (χ3n) is 3.40. The summed E-state index contributed by atoms with van der Waals surface area (Å²) in [5.41, 5.74) is 7.22. The van der Waals surface area contributed by atoms with Gasteiger partial charge in [0.2, 0.25) is 0 Å². The number of benzene rings is 1. The van der Waals surface area contributed by atoms with Crippen LogP contribution >= 0.6 is 11.6 Å². The van der Waals surface area contributed by atoms with Crippen LogP contribution in [0.2, 0.25) is 5.02 Å². The van der Waals surface area contributed by atoms with E-state index in [1.165, 1.54) is 12.1 Å². The molecule has 1 nitrogen and oxygen atoms in total. The molecule has 0 saturated carbocycles. The molecule has 0 radical (unpaired) electrons. The van der Waals surface area contributed by atoms with Crippen molar-refractivity contribution in [3.63, 3.8) is 0 Å². The molecule has 0 amide bonds. The standard InChI is InChI=1S/C15H23ClFN/c1-3-5-11(6-4-2)15(18)9-12-7-8-13(17)10-14(12)16/h7-8,10-11,15H,3-6,9,18H2,1-2H3. The number of halogens is 2. The highest BCUT2D eigenvalue weighted by Crippen LogP contribution is 2.23. The van der Waals surface area contributed by atoms with E-state index in [-0.39, 0.29) is 11.9 Å². The van der Waals surface area contributed by atoms with Gasteiger partial charge in [0.25, 0.3) is 0 Å². The van der Waals surface area contributed by atoms with Crippen LogP contribution in [-0.4, -0.2) is 6.04 Å². The van der Waals surface area contributed by atoms with E-state index in [1.54, 1.807) is 6.07 Å². The number of rotatable bonds is 7. The average Bonchev–Trinajstić information content (AvgIpc) is 2.32. The maximum atomic E-state index is 13.0. The van der Waals surface area contributed by atoms with Gasteiger partial charge in [-0.25, -0.2) is 4.39 Å². The number of hydrogen-bond acceptors (Lipinski definition) is 1. The van der Waals surface area contributed by atoms with Crippen molar-refractivity contribution in [1.82, 2.24) is 0 Å². The molecule has 0 aliphatic heterocycles. The van der Waals surface area contributed by atoms with E-state index < -0.39 is 0 Å². The quantitative estimate of drug-likeness (QED) is 0.773. The van der Waals surface area contributed by atoms with Crippen LogP contribution in [0.5, 0.6) is 0 Å². The maximum absolute atomic E-state index is 13.0. The van der Waals surface area contributed by atoms with Gasteiger partial charge in [0.15, 0.2) is 0 Å². The molecule has 0 bridgehead atoms. The molecule has 1 aromatic rings. The first-order valence-electron chi connectivity index (χ1n) is 6.78. The highest BCUT2D eigenvalue weighted by Gasteiger charge is 2.17. The van der Waals surface area contributed by atoms with E-state index in [2.05, 4.69) is 13.8 Å². The van der Waals surface area contributed by atoms with Crippen molar-refractivity contribution in [2.24, 2.45) is 11.7 Å². The van der Waals surface area contributed by atoms with Gasteiger partial charge in [-0.1, -0.05) is 44.4 Å². The Labute approximate surface area is 115 Å². The van der Waals surface area contributed by atoms with Crippen LogP contribution in [0.25, 0.3) is 0 Å². The molecular formula is C15H23ClFN. The molecule has 2 N–H and O–H groups in total. The van der Waals surface area contributed by atoms with E-state index in [9.17, 15) is 4.39 Å². The Balaban J connectivity index is 2.69. The highest BCUT2D eigenvalue weighted by molar-refractivity contribution is 6.31. The molecule has 0 aliphatic carbocycles. The van der Waals surface area contributed by atoms with Crippen molar-refractivity contribution in [3.05, 3.63) is 34.6 Å². The Bertz CT molecular complexity index is 362. The van der Waals surface area contributed by atoms with Gasteiger partial charge in [-0.3, -0.25) is 0 Å². The van der Waals surface area contributed by atoms with E-state index >= 15 is 0 Å². The molecule has 0 fully saturated rings. The minimum absolute atomic E-state index is 0.105. The van der Waals surface area contributed by atoms with Crippen molar-refractivity contribution in [3.8, 4) is 0 Å². The van der Waals surface area contributed by atoms with Crippen LogP contribution in [0.3, 0.4) is 0 Å². The fourth-order valence-electron chi connectivity index (χ4n) is 2.42. The van der Waals surface area contributed by atoms with Gasteiger partial charge in [0, 0.05) is 11.1 Å². The zero-order valence-corrected chi connectivity index (χ0v) is 12.0. The Hall–Kier alpha value is -0.600. The van der Waals surface area contributed by atoms with Gasteiger partial charge >= 0.3 is 0 Å². The molecule has 18 heavy (non-hydrogen) atoms. The van der Waals surface area contributed by atoms with Gasteiger partial charge in [-0.2, -0.15) is 0 Å². The Morgan fingerprint density at radius 2 is 1.83 bits per heavy atom. The summed E-state index contributed by atoms with van der Waals surface area (Å²) in [6.07, 6.45) is 5.32. The molecule has 0 spiro atoms. The normalized spacial score (nSPS) is 13.0. The molecule has 3 heteroatoms. The summed E-state index contributed by atoms with van der Waals surface area (Å²) in [6, 6.07) is 4.65. The second-order valence-corrected chi connectivity index (χ2v) is 5.35. The lowest BCUT2D eigenvalue weighted by Crippen LogP contribution is -2.32. The molecule has 102 valence electrons. The van der Waals surface area contributed by atoms with Gasteiger partial charge in [0.05, 0.1) is 0 Å². The van der Waals surface area contributed by atoms with Crippen molar-refractivity contribution >= 4 is 11.6 Å². The average molecular weight is 272 g/mol. The summed E-state index contributed by atoms with van der Waals surface area (Å²) < 4.78 is 13.0. The van der Waals surface area contributed by atoms with Crippen LogP contribution in [0, 0.1) is 11.7 Å². The minimum atomic E-state index is -0.295. The summed E-state index contributed by atoms with van der Waals surface area (Å²) in [5, 5.41) is 0.484. The smallest absolute Gasteiger partial charge is 0.124 e. The fraction of sp³-hybridized carbons (Fsp3) is 0.600. The summed E-state index contributed by atoms with van der Waals surface area (Å²) in [7, 11) is 0. The summed E-state index contributed by atoms with van der Waals surface area (Å²) >= 11 is 6.04. The van der Waals surface area contributed by atoms with E-state index in [0.29, 0.717) is 10.9 Å². The van der Waals surface area contributed by atoms with Crippen molar-refractivity contribution in [2.45, 2.75) is 52.0 Å². The highest BCUT2D eigenvalue weighted by atomic mass is 35.5. The van der Waals surface area contributed by atoms with Crippen LogP contribution in [-0.2, 0) is 6.42 Å². The molecule has 0 heterocycles. The topological polar surface area (TPSA) is 26.0 Å². The van der Waals surface area contributed by atoms with Crippen molar-refractivity contribution < 1.29 is 4.39 Å². The monoisotopic (exact) mass is 271 g/mol. The summed E-state index contributed by atoms with van der Waals surface area (Å²) in [4.78, 5) is 0. The van der Waals surface area contributed by atoms with E-state index in [0.717, 1.165) is 37.7 Å². The summed E-state index contributed by atoms with van der Waals surface area (Å²) in [5.74, 6) is 0.233. The zero-order valence-electron chi connectivity index (χ0n) is 11.3. The number of hydrogen-bond donors (Lipinski definition) is 1. The SMILES string of the molecule is CCCC(CCC)C(N)Cc1ccc(F)cc1Cl. The fourth-order valence-corrected chi connectivity index (χ4v) is 2.67. The van der Waals surface area contributed by atoms with Gasteiger partial charge in [0.1, 0.15) is 5.82 Å².